The van der Waals surface area contributed by atoms with Crippen molar-refractivity contribution in [3.8, 4) is 0 Å². The van der Waals surface area contributed by atoms with Crippen LogP contribution in [-0.2, 0) is 4.74 Å². The first-order valence-electron chi connectivity index (χ1n) is 7.48. The highest BCUT2D eigenvalue weighted by atomic mass is 16.5. The molecule has 0 radical (unpaired) electrons. The van der Waals surface area contributed by atoms with Gasteiger partial charge in [0, 0.05) is 25.4 Å². The molecule has 1 atom stereocenters. The molecule has 0 aliphatic rings. The number of Topliss-reactive ketones (excluding diaryl/α,β-unsaturated/α-hetero) is 1. The number of rotatable bonds is 8. The molecule has 2 aromatic carbocycles. The smallest absolute Gasteiger partial charge is 0.191 e. The van der Waals surface area contributed by atoms with E-state index >= 15 is 0 Å². The SMILES string of the molecule is COC(CCCN=Cc1ccccc1)C(=O)c1ccccc1. The average molecular weight is 295 g/mol. The molecular weight excluding hydrogens is 274 g/mol. The van der Waals surface area contributed by atoms with Gasteiger partial charge in [0.25, 0.3) is 0 Å². The van der Waals surface area contributed by atoms with Gasteiger partial charge in [0.1, 0.15) is 6.10 Å². The van der Waals surface area contributed by atoms with Crippen LogP contribution in [0.2, 0.25) is 0 Å². The third-order valence-corrected chi connectivity index (χ3v) is 3.43. The highest BCUT2D eigenvalue weighted by Crippen LogP contribution is 2.10. The Hall–Kier alpha value is -2.26. The first kappa shape index (κ1) is 16.1. The predicted molar refractivity (Wildman–Crippen MR) is 89.7 cm³/mol. The average Bonchev–Trinajstić information content (AvgIpc) is 2.59. The number of carbonyl (C=O) groups excluding carboxylic acids is 1. The summed E-state index contributed by atoms with van der Waals surface area (Å²) in [6.07, 6.45) is 2.96. The van der Waals surface area contributed by atoms with Crippen LogP contribution in [0.5, 0.6) is 0 Å². The Morgan fingerprint density at radius 2 is 1.73 bits per heavy atom. The number of nitrogens with zero attached hydrogens (tertiary/aromatic N) is 1. The van der Waals surface area contributed by atoms with E-state index in [-0.39, 0.29) is 5.78 Å². The second kappa shape index (κ2) is 8.90. The van der Waals surface area contributed by atoms with E-state index in [0.29, 0.717) is 18.5 Å². The molecule has 0 saturated heterocycles. The van der Waals surface area contributed by atoms with Crippen LogP contribution in [0.4, 0.5) is 0 Å². The molecule has 1 unspecified atom stereocenters. The van der Waals surface area contributed by atoms with Crippen molar-refractivity contribution >= 4 is 12.0 Å². The summed E-state index contributed by atoms with van der Waals surface area (Å²) in [6.45, 7) is 0.691. The monoisotopic (exact) mass is 295 g/mol. The van der Waals surface area contributed by atoms with E-state index in [2.05, 4.69) is 4.99 Å². The second-order valence-electron chi connectivity index (χ2n) is 5.04. The largest absolute Gasteiger partial charge is 0.373 e. The third kappa shape index (κ3) is 4.93. The lowest BCUT2D eigenvalue weighted by molar-refractivity contribution is 0.0577. The van der Waals surface area contributed by atoms with Gasteiger partial charge in [-0.05, 0) is 18.4 Å². The van der Waals surface area contributed by atoms with Crippen molar-refractivity contribution in [2.45, 2.75) is 18.9 Å². The summed E-state index contributed by atoms with van der Waals surface area (Å²) in [5, 5.41) is 0. The number of methoxy groups -OCH3 is 1. The van der Waals surface area contributed by atoms with Gasteiger partial charge < -0.3 is 4.74 Å². The molecule has 3 nitrogen and oxygen atoms in total. The highest BCUT2D eigenvalue weighted by Gasteiger charge is 2.18. The number of aliphatic imine (C=N–C) groups is 1. The van der Waals surface area contributed by atoms with Gasteiger partial charge in [0.15, 0.2) is 5.78 Å². The summed E-state index contributed by atoms with van der Waals surface area (Å²) >= 11 is 0. The second-order valence-corrected chi connectivity index (χ2v) is 5.04. The van der Waals surface area contributed by atoms with Crippen molar-refractivity contribution in [3.05, 3.63) is 71.8 Å². The summed E-state index contributed by atoms with van der Waals surface area (Å²) < 4.78 is 5.33. The number of ether oxygens (including phenoxy) is 1. The van der Waals surface area contributed by atoms with Gasteiger partial charge in [0.05, 0.1) is 0 Å². The van der Waals surface area contributed by atoms with Crippen LogP contribution in [0.25, 0.3) is 0 Å². The van der Waals surface area contributed by atoms with Crippen molar-refractivity contribution in [3.63, 3.8) is 0 Å². The van der Waals surface area contributed by atoms with E-state index in [1.807, 2.05) is 66.9 Å². The topological polar surface area (TPSA) is 38.7 Å². The van der Waals surface area contributed by atoms with E-state index < -0.39 is 6.10 Å². The first-order valence-corrected chi connectivity index (χ1v) is 7.48. The lowest BCUT2D eigenvalue weighted by Gasteiger charge is -2.13. The zero-order valence-corrected chi connectivity index (χ0v) is 12.8. The van der Waals surface area contributed by atoms with Crippen molar-refractivity contribution < 1.29 is 9.53 Å². The summed E-state index contributed by atoms with van der Waals surface area (Å²) in [4.78, 5) is 16.7. The number of hydrogen-bond donors (Lipinski definition) is 0. The van der Waals surface area contributed by atoms with Gasteiger partial charge in [-0.1, -0.05) is 60.7 Å². The molecule has 3 heteroatoms. The predicted octanol–water partition coefficient (Wildman–Crippen LogP) is 3.78. The molecule has 0 aromatic heterocycles. The van der Waals surface area contributed by atoms with Crippen LogP contribution in [0.3, 0.4) is 0 Å². The highest BCUT2D eigenvalue weighted by molar-refractivity contribution is 5.99. The lowest BCUT2D eigenvalue weighted by atomic mass is 10.0. The maximum Gasteiger partial charge on any atom is 0.191 e. The maximum absolute atomic E-state index is 12.3. The Morgan fingerprint density at radius 3 is 2.36 bits per heavy atom. The Morgan fingerprint density at radius 1 is 1.09 bits per heavy atom. The quantitative estimate of drug-likeness (QED) is 0.422. The van der Waals surface area contributed by atoms with Crippen molar-refractivity contribution in [2.75, 3.05) is 13.7 Å². The molecule has 0 aliphatic heterocycles. The number of benzene rings is 2. The molecule has 2 rings (SSSR count). The molecule has 0 amide bonds. The van der Waals surface area contributed by atoms with Gasteiger partial charge >= 0.3 is 0 Å². The van der Waals surface area contributed by atoms with Gasteiger partial charge in [-0.25, -0.2) is 0 Å². The molecule has 0 fully saturated rings. The molecule has 22 heavy (non-hydrogen) atoms. The van der Waals surface area contributed by atoms with E-state index in [9.17, 15) is 4.79 Å². The summed E-state index contributed by atoms with van der Waals surface area (Å²) in [6, 6.07) is 19.3. The Balaban J connectivity index is 1.79. The fourth-order valence-corrected chi connectivity index (χ4v) is 2.22. The van der Waals surface area contributed by atoms with E-state index in [1.54, 1.807) is 7.11 Å². The fraction of sp³-hybridized carbons (Fsp3) is 0.263. The molecule has 0 spiro atoms. The minimum absolute atomic E-state index is 0.0372. The zero-order valence-electron chi connectivity index (χ0n) is 12.8. The standard InChI is InChI=1S/C19H21NO2/c1-22-18(19(21)17-11-6-3-7-12-17)13-8-14-20-15-16-9-4-2-5-10-16/h2-7,9-12,15,18H,8,13-14H2,1H3. The number of carbonyl (C=O) groups is 1. The molecular formula is C19H21NO2. The van der Waals surface area contributed by atoms with Crippen LogP contribution in [-0.4, -0.2) is 31.8 Å². The molecule has 0 N–H and O–H groups in total. The molecule has 0 bridgehead atoms. The molecule has 0 heterocycles. The van der Waals surface area contributed by atoms with Crippen LogP contribution in [0, 0.1) is 0 Å². The van der Waals surface area contributed by atoms with Gasteiger partial charge in [-0.2, -0.15) is 0 Å². The van der Waals surface area contributed by atoms with Crippen LogP contribution < -0.4 is 0 Å². The first-order chi connectivity index (χ1) is 10.8. The van der Waals surface area contributed by atoms with E-state index in [1.165, 1.54) is 0 Å². The van der Waals surface area contributed by atoms with Gasteiger partial charge in [0.2, 0.25) is 0 Å². The number of ketones is 1. The number of hydrogen-bond acceptors (Lipinski definition) is 3. The third-order valence-electron chi connectivity index (χ3n) is 3.43. The fourth-order valence-electron chi connectivity index (χ4n) is 2.22. The lowest BCUT2D eigenvalue weighted by Crippen LogP contribution is -2.23. The molecule has 2 aromatic rings. The summed E-state index contributed by atoms with van der Waals surface area (Å²) in [5.74, 6) is 0.0372. The Kier molecular flexibility index (Phi) is 6.52. The van der Waals surface area contributed by atoms with E-state index in [4.69, 9.17) is 4.74 Å². The van der Waals surface area contributed by atoms with Gasteiger partial charge in [-0.3, -0.25) is 9.79 Å². The molecule has 0 aliphatic carbocycles. The minimum Gasteiger partial charge on any atom is -0.373 e. The normalized spacial score (nSPS) is 12.4. The van der Waals surface area contributed by atoms with Crippen molar-refractivity contribution in [1.29, 1.82) is 0 Å². The summed E-state index contributed by atoms with van der Waals surface area (Å²) in [5.41, 5.74) is 1.79. The van der Waals surface area contributed by atoms with Crippen LogP contribution in [0.1, 0.15) is 28.8 Å². The van der Waals surface area contributed by atoms with E-state index in [0.717, 1.165) is 12.0 Å². The maximum atomic E-state index is 12.3. The molecule has 114 valence electrons. The summed E-state index contributed by atoms with van der Waals surface area (Å²) in [7, 11) is 1.58. The van der Waals surface area contributed by atoms with Gasteiger partial charge in [-0.15, -0.1) is 0 Å². The zero-order chi connectivity index (χ0) is 15.6. The Labute approximate surface area is 131 Å². The van der Waals surface area contributed by atoms with Crippen molar-refractivity contribution in [1.82, 2.24) is 0 Å². The van der Waals surface area contributed by atoms with Crippen molar-refractivity contribution in [2.24, 2.45) is 4.99 Å². The van der Waals surface area contributed by atoms with Crippen LogP contribution >= 0.6 is 0 Å². The Bertz CT molecular complexity index is 593. The van der Waals surface area contributed by atoms with Crippen LogP contribution in [0.15, 0.2) is 65.7 Å². The minimum atomic E-state index is -0.394. The molecule has 0 saturated carbocycles.